The van der Waals surface area contributed by atoms with Crippen molar-refractivity contribution in [1.29, 1.82) is 0 Å². The Hall–Kier alpha value is -0.640. The monoisotopic (exact) mass is 256 g/mol. The van der Waals surface area contributed by atoms with Crippen molar-refractivity contribution in [3.8, 4) is 0 Å². The van der Waals surface area contributed by atoms with E-state index in [0.29, 0.717) is 6.04 Å². The van der Waals surface area contributed by atoms with Crippen LogP contribution in [0.15, 0.2) is 18.3 Å². The van der Waals surface area contributed by atoms with E-state index >= 15 is 0 Å². The molecular weight excluding hydrogens is 236 g/mol. The van der Waals surface area contributed by atoms with Gasteiger partial charge in [0, 0.05) is 24.5 Å². The molecule has 3 nitrogen and oxygen atoms in total. The molecule has 2 N–H and O–H groups in total. The minimum Gasteiger partial charge on any atom is -0.393 e. The van der Waals surface area contributed by atoms with Crippen LogP contribution in [0.25, 0.3) is 0 Å². The summed E-state index contributed by atoms with van der Waals surface area (Å²) < 4.78 is 0. The molecule has 17 heavy (non-hydrogen) atoms. The zero-order chi connectivity index (χ0) is 11.4. The number of halogens is 1. The maximum Gasteiger partial charge on any atom is 0.0541 e. The van der Waals surface area contributed by atoms with Gasteiger partial charge in [-0.25, -0.2) is 0 Å². The number of nitrogens with zero attached hydrogens (tertiary/aromatic N) is 1. The molecule has 1 fully saturated rings. The lowest BCUT2D eigenvalue weighted by molar-refractivity contribution is 0.116. The average Bonchev–Trinajstić information content (AvgIpc) is 2.30. The molecule has 1 aromatic rings. The highest BCUT2D eigenvalue weighted by atomic mass is 35.5. The summed E-state index contributed by atoms with van der Waals surface area (Å²) in [5, 5.41) is 13.0. The second-order valence-corrected chi connectivity index (χ2v) is 4.63. The lowest BCUT2D eigenvalue weighted by atomic mass is 9.93. The minimum absolute atomic E-state index is 0. The SMILES string of the molecule is Cc1ncccc1CNC1CCC(O)CC1.Cl. The third-order valence-corrected chi connectivity index (χ3v) is 3.39. The topological polar surface area (TPSA) is 45.2 Å². The zero-order valence-electron chi connectivity index (χ0n) is 10.2. The van der Waals surface area contributed by atoms with E-state index in [-0.39, 0.29) is 18.5 Å². The van der Waals surface area contributed by atoms with Crippen molar-refractivity contribution < 1.29 is 5.11 Å². The number of nitrogens with one attached hydrogen (secondary N) is 1. The van der Waals surface area contributed by atoms with Crippen molar-refractivity contribution in [3.63, 3.8) is 0 Å². The number of pyridine rings is 1. The fourth-order valence-electron chi connectivity index (χ4n) is 2.24. The van der Waals surface area contributed by atoms with E-state index < -0.39 is 0 Å². The van der Waals surface area contributed by atoms with Crippen LogP contribution in [0.2, 0.25) is 0 Å². The minimum atomic E-state index is -0.0711. The highest BCUT2D eigenvalue weighted by molar-refractivity contribution is 5.85. The Balaban J connectivity index is 0.00000144. The number of aromatic nitrogens is 1. The number of hydrogen-bond acceptors (Lipinski definition) is 3. The smallest absolute Gasteiger partial charge is 0.0541 e. The number of aryl methyl sites for hydroxylation is 1. The maximum absolute atomic E-state index is 9.42. The first-order valence-electron chi connectivity index (χ1n) is 6.07. The Bertz CT molecular complexity index is 338. The third-order valence-electron chi connectivity index (χ3n) is 3.39. The lowest BCUT2D eigenvalue weighted by Crippen LogP contribution is -2.34. The molecule has 1 heterocycles. The van der Waals surface area contributed by atoms with Crippen molar-refractivity contribution in [1.82, 2.24) is 10.3 Å². The molecule has 0 atom stereocenters. The van der Waals surface area contributed by atoms with Gasteiger partial charge in [-0.15, -0.1) is 12.4 Å². The number of aliphatic hydroxyl groups is 1. The fourth-order valence-corrected chi connectivity index (χ4v) is 2.24. The normalized spacial score (nSPS) is 24.1. The predicted octanol–water partition coefficient (Wildman–Crippen LogP) is 2.20. The van der Waals surface area contributed by atoms with Gasteiger partial charge in [0.2, 0.25) is 0 Å². The van der Waals surface area contributed by atoms with Gasteiger partial charge in [-0.3, -0.25) is 4.98 Å². The Labute approximate surface area is 109 Å². The van der Waals surface area contributed by atoms with Crippen LogP contribution in [0.4, 0.5) is 0 Å². The van der Waals surface area contributed by atoms with Gasteiger partial charge in [0.15, 0.2) is 0 Å². The quantitative estimate of drug-likeness (QED) is 0.872. The van der Waals surface area contributed by atoms with Crippen molar-refractivity contribution in [2.75, 3.05) is 0 Å². The molecule has 0 aromatic carbocycles. The molecule has 0 spiro atoms. The summed E-state index contributed by atoms with van der Waals surface area (Å²) in [6.07, 6.45) is 5.79. The summed E-state index contributed by atoms with van der Waals surface area (Å²) >= 11 is 0. The van der Waals surface area contributed by atoms with E-state index in [9.17, 15) is 5.11 Å². The zero-order valence-corrected chi connectivity index (χ0v) is 11.0. The van der Waals surface area contributed by atoms with Gasteiger partial charge in [0.1, 0.15) is 0 Å². The highest BCUT2D eigenvalue weighted by Crippen LogP contribution is 2.18. The number of rotatable bonds is 3. The van der Waals surface area contributed by atoms with Gasteiger partial charge in [-0.1, -0.05) is 6.07 Å². The molecule has 1 saturated carbocycles. The molecule has 4 heteroatoms. The van der Waals surface area contributed by atoms with Crippen LogP contribution < -0.4 is 5.32 Å². The fraction of sp³-hybridized carbons (Fsp3) is 0.615. The summed E-state index contributed by atoms with van der Waals surface area (Å²) in [6, 6.07) is 4.66. The standard InChI is InChI=1S/C13H20N2O.ClH/c1-10-11(3-2-8-14-10)9-15-12-4-6-13(16)7-5-12;/h2-3,8,12-13,15-16H,4-7,9H2,1H3;1H. The summed E-state index contributed by atoms with van der Waals surface area (Å²) in [5.74, 6) is 0. The number of aliphatic hydroxyl groups excluding tert-OH is 1. The summed E-state index contributed by atoms with van der Waals surface area (Å²) in [4.78, 5) is 4.27. The van der Waals surface area contributed by atoms with Gasteiger partial charge in [0.25, 0.3) is 0 Å². The Morgan fingerprint density at radius 1 is 1.35 bits per heavy atom. The largest absolute Gasteiger partial charge is 0.393 e. The van der Waals surface area contributed by atoms with Crippen molar-refractivity contribution >= 4 is 12.4 Å². The molecule has 0 bridgehead atoms. The Kier molecular flexibility index (Phi) is 5.89. The van der Waals surface area contributed by atoms with Gasteiger partial charge in [-0.2, -0.15) is 0 Å². The molecule has 96 valence electrons. The van der Waals surface area contributed by atoms with Gasteiger partial charge in [0.05, 0.1) is 6.10 Å². The highest BCUT2D eigenvalue weighted by Gasteiger charge is 2.18. The second-order valence-electron chi connectivity index (χ2n) is 4.63. The van der Waals surface area contributed by atoms with E-state index in [4.69, 9.17) is 0 Å². The van der Waals surface area contributed by atoms with Crippen molar-refractivity contribution in [2.45, 2.75) is 51.3 Å². The van der Waals surface area contributed by atoms with E-state index in [1.54, 1.807) is 0 Å². The van der Waals surface area contributed by atoms with Crippen LogP contribution in [0, 0.1) is 6.92 Å². The van der Waals surface area contributed by atoms with Crippen LogP contribution in [-0.4, -0.2) is 22.2 Å². The first-order valence-corrected chi connectivity index (χ1v) is 6.07. The molecule has 0 amide bonds. The van der Waals surface area contributed by atoms with E-state index in [2.05, 4.69) is 16.4 Å². The molecule has 2 rings (SSSR count). The van der Waals surface area contributed by atoms with E-state index in [1.165, 1.54) is 5.56 Å². The molecule has 1 aliphatic carbocycles. The van der Waals surface area contributed by atoms with Crippen LogP contribution in [0.3, 0.4) is 0 Å². The Morgan fingerprint density at radius 2 is 2.06 bits per heavy atom. The molecule has 1 aliphatic rings. The van der Waals surface area contributed by atoms with E-state index in [0.717, 1.165) is 37.9 Å². The molecule has 0 saturated heterocycles. The molecule has 1 aromatic heterocycles. The summed E-state index contributed by atoms with van der Waals surface area (Å²) in [6.45, 7) is 2.93. The predicted molar refractivity (Wildman–Crippen MR) is 71.3 cm³/mol. The average molecular weight is 257 g/mol. The van der Waals surface area contributed by atoms with Crippen LogP contribution in [0.5, 0.6) is 0 Å². The van der Waals surface area contributed by atoms with E-state index in [1.807, 2.05) is 19.2 Å². The summed E-state index contributed by atoms with van der Waals surface area (Å²) in [7, 11) is 0. The molecular formula is C13H21ClN2O. The molecule has 0 aliphatic heterocycles. The lowest BCUT2D eigenvalue weighted by Gasteiger charge is -2.26. The second kappa shape index (κ2) is 6.94. The summed E-state index contributed by atoms with van der Waals surface area (Å²) in [5.41, 5.74) is 2.37. The van der Waals surface area contributed by atoms with Gasteiger partial charge in [-0.05, 0) is 44.2 Å². The van der Waals surface area contributed by atoms with Crippen LogP contribution in [0.1, 0.15) is 36.9 Å². The van der Waals surface area contributed by atoms with Crippen LogP contribution in [-0.2, 0) is 6.54 Å². The third kappa shape index (κ3) is 4.26. The Morgan fingerprint density at radius 3 is 2.71 bits per heavy atom. The first kappa shape index (κ1) is 14.4. The number of hydrogen-bond donors (Lipinski definition) is 2. The molecule has 0 radical (unpaired) electrons. The molecule has 0 unspecified atom stereocenters. The van der Waals surface area contributed by atoms with Gasteiger partial charge < -0.3 is 10.4 Å². The van der Waals surface area contributed by atoms with Crippen molar-refractivity contribution in [2.24, 2.45) is 0 Å². The first-order chi connectivity index (χ1) is 7.75. The van der Waals surface area contributed by atoms with Gasteiger partial charge >= 0.3 is 0 Å². The van der Waals surface area contributed by atoms with Crippen LogP contribution >= 0.6 is 12.4 Å². The maximum atomic E-state index is 9.42. The van der Waals surface area contributed by atoms with Crippen molar-refractivity contribution in [3.05, 3.63) is 29.6 Å².